The zero-order valence-electron chi connectivity index (χ0n) is 12.3. The first-order valence-electron chi connectivity index (χ1n) is 6.68. The van der Waals surface area contributed by atoms with Gasteiger partial charge in [-0.25, -0.2) is 0 Å². The summed E-state index contributed by atoms with van der Waals surface area (Å²) in [5, 5.41) is 3.02. The number of methoxy groups -OCH3 is 1. The van der Waals surface area contributed by atoms with Crippen LogP contribution < -0.4 is 5.32 Å². The van der Waals surface area contributed by atoms with Crippen LogP contribution in [0, 0.1) is 0 Å². The fraction of sp³-hybridized carbons (Fsp3) is 0.312. The van der Waals surface area contributed by atoms with E-state index in [2.05, 4.69) is 5.32 Å². The highest BCUT2D eigenvalue weighted by Crippen LogP contribution is 2.26. The molecule has 1 aromatic carbocycles. The number of carbonyl (C=O) groups is 1. The van der Waals surface area contributed by atoms with Gasteiger partial charge in [0.25, 0.3) is 5.91 Å². The number of ether oxygens (including phenoxy) is 1. The van der Waals surface area contributed by atoms with Crippen molar-refractivity contribution < 1.29 is 9.53 Å². The Kier molecular flexibility index (Phi) is 5.85. The van der Waals surface area contributed by atoms with Crippen molar-refractivity contribution >= 4 is 29.0 Å². The molecule has 0 aliphatic rings. The molecule has 1 heterocycles. The molecular weight excluding hydrogens is 302 g/mol. The minimum atomic E-state index is -0.157. The van der Waals surface area contributed by atoms with Crippen molar-refractivity contribution in [3.8, 4) is 0 Å². The first kappa shape index (κ1) is 16.1. The molecule has 0 fully saturated rings. The first-order chi connectivity index (χ1) is 10.2. The maximum Gasteiger partial charge on any atom is 0.261 e. The van der Waals surface area contributed by atoms with Crippen molar-refractivity contribution in [1.82, 2.24) is 5.32 Å². The van der Waals surface area contributed by atoms with Gasteiger partial charge in [0.1, 0.15) is 6.10 Å². The highest BCUT2D eigenvalue weighted by Gasteiger charge is 2.21. The second-order valence-corrected chi connectivity index (χ2v) is 6.84. The van der Waals surface area contributed by atoms with Gasteiger partial charge in [0, 0.05) is 7.11 Å². The number of hydrogen-bond acceptors (Lipinski definition) is 4. The van der Waals surface area contributed by atoms with Gasteiger partial charge in [0.15, 0.2) is 0 Å². The molecule has 0 saturated heterocycles. The van der Waals surface area contributed by atoms with Crippen molar-refractivity contribution in [1.29, 1.82) is 0 Å². The van der Waals surface area contributed by atoms with Gasteiger partial charge in [-0.1, -0.05) is 30.3 Å². The minimum absolute atomic E-state index is 0.0502. The van der Waals surface area contributed by atoms with Gasteiger partial charge in [0.05, 0.1) is 15.1 Å². The summed E-state index contributed by atoms with van der Waals surface area (Å²) in [6.45, 7) is 1.96. The summed E-state index contributed by atoms with van der Waals surface area (Å²) in [6.07, 6.45) is 1.85. The topological polar surface area (TPSA) is 38.3 Å². The number of thiophene rings is 1. The van der Waals surface area contributed by atoms with Crippen LogP contribution in [-0.2, 0) is 4.74 Å². The first-order valence-corrected chi connectivity index (χ1v) is 8.72. The molecule has 5 heteroatoms. The van der Waals surface area contributed by atoms with E-state index in [1.165, 1.54) is 11.3 Å². The highest BCUT2D eigenvalue weighted by atomic mass is 32.2. The van der Waals surface area contributed by atoms with E-state index in [0.29, 0.717) is 0 Å². The van der Waals surface area contributed by atoms with E-state index in [9.17, 15) is 4.79 Å². The molecule has 21 heavy (non-hydrogen) atoms. The number of rotatable bonds is 6. The largest absolute Gasteiger partial charge is 0.375 e. The Labute approximate surface area is 133 Å². The van der Waals surface area contributed by atoms with Crippen molar-refractivity contribution in [3.05, 3.63) is 52.9 Å². The molecule has 0 radical (unpaired) electrons. The third-order valence-electron chi connectivity index (χ3n) is 3.20. The van der Waals surface area contributed by atoms with Crippen LogP contribution in [0.15, 0.2) is 46.7 Å². The molecule has 2 aromatic rings. The van der Waals surface area contributed by atoms with E-state index in [4.69, 9.17) is 4.74 Å². The van der Waals surface area contributed by atoms with Crippen LogP contribution in [0.1, 0.15) is 28.3 Å². The lowest BCUT2D eigenvalue weighted by atomic mass is 10.0. The normalized spacial score (nSPS) is 13.7. The third-order valence-corrected chi connectivity index (χ3v) is 5.37. The summed E-state index contributed by atoms with van der Waals surface area (Å²) in [5.41, 5.74) is 1.06. The molecule has 0 aliphatic heterocycles. The fourth-order valence-corrected chi connectivity index (χ4v) is 3.62. The summed E-state index contributed by atoms with van der Waals surface area (Å²) in [7, 11) is 1.66. The van der Waals surface area contributed by atoms with Gasteiger partial charge in [-0.05, 0) is 30.9 Å². The lowest BCUT2D eigenvalue weighted by Gasteiger charge is -2.23. The Balaban J connectivity index is 2.05. The summed E-state index contributed by atoms with van der Waals surface area (Å²) in [4.78, 5) is 13.0. The van der Waals surface area contributed by atoms with E-state index in [1.54, 1.807) is 18.9 Å². The Morgan fingerprint density at radius 2 is 1.95 bits per heavy atom. The Morgan fingerprint density at radius 1 is 1.24 bits per heavy atom. The Hall–Kier alpha value is -1.30. The van der Waals surface area contributed by atoms with Gasteiger partial charge < -0.3 is 10.1 Å². The van der Waals surface area contributed by atoms with Crippen LogP contribution in [0.2, 0.25) is 0 Å². The summed E-state index contributed by atoms with van der Waals surface area (Å²) in [5.74, 6) is -0.0502. The SMILES string of the molecule is COC(c1ccccc1)C(C)NC(=O)c1ccc(SC)s1. The van der Waals surface area contributed by atoms with Gasteiger partial charge in [-0.3, -0.25) is 4.79 Å². The predicted molar refractivity (Wildman–Crippen MR) is 89.2 cm³/mol. The van der Waals surface area contributed by atoms with Gasteiger partial charge in [-0.2, -0.15) is 0 Å². The number of hydrogen-bond donors (Lipinski definition) is 1. The molecule has 0 spiro atoms. The average Bonchev–Trinajstić information content (AvgIpc) is 2.98. The van der Waals surface area contributed by atoms with Crippen LogP contribution in [0.25, 0.3) is 0 Å². The molecule has 2 unspecified atom stereocenters. The number of benzene rings is 1. The molecule has 2 rings (SSSR count). The fourth-order valence-electron chi connectivity index (χ4n) is 2.18. The van der Waals surface area contributed by atoms with Crippen LogP contribution in [0.5, 0.6) is 0 Å². The van der Waals surface area contributed by atoms with Crippen LogP contribution in [-0.4, -0.2) is 25.3 Å². The van der Waals surface area contributed by atoms with E-state index in [0.717, 1.165) is 14.6 Å². The zero-order chi connectivity index (χ0) is 15.2. The summed E-state index contributed by atoms with van der Waals surface area (Å²) >= 11 is 3.16. The Bertz CT molecular complexity index is 583. The molecule has 1 N–H and O–H groups in total. The van der Waals surface area contributed by atoms with Crippen molar-refractivity contribution in [2.75, 3.05) is 13.4 Å². The second-order valence-electron chi connectivity index (χ2n) is 4.65. The van der Waals surface area contributed by atoms with E-state index < -0.39 is 0 Å². The van der Waals surface area contributed by atoms with E-state index >= 15 is 0 Å². The van der Waals surface area contributed by atoms with Gasteiger partial charge in [0.2, 0.25) is 0 Å². The van der Waals surface area contributed by atoms with Crippen LogP contribution in [0.4, 0.5) is 0 Å². The number of amides is 1. The Morgan fingerprint density at radius 3 is 2.52 bits per heavy atom. The van der Waals surface area contributed by atoms with E-state index in [1.807, 2.05) is 55.6 Å². The monoisotopic (exact) mass is 321 g/mol. The molecule has 0 saturated carbocycles. The molecule has 1 aromatic heterocycles. The molecule has 0 bridgehead atoms. The smallest absolute Gasteiger partial charge is 0.261 e. The number of carbonyl (C=O) groups excluding carboxylic acids is 1. The maximum atomic E-state index is 12.3. The molecular formula is C16H19NO2S2. The third kappa shape index (κ3) is 4.09. The van der Waals surface area contributed by atoms with Crippen LogP contribution >= 0.6 is 23.1 Å². The van der Waals surface area contributed by atoms with Crippen molar-refractivity contribution in [2.45, 2.75) is 23.3 Å². The number of thioether (sulfide) groups is 1. The zero-order valence-corrected chi connectivity index (χ0v) is 14.0. The van der Waals surface area contributed by atoms with E-state index in [-0.39, 0.29) is 18.1 Å². The minimum Gasteiger partial charge on any atom is -0.375 e. The second kappa shape index (κ2) is 7.64. The summed E-state index contributed by atoms with van der Waals surface area (Å²) < 4.78 is 6.68. The predicted octanol–water partition coefficient (Wildman–Crippen LogP) is 3.98. The highest BCUT2D eigenvalue weighted by molar-refractivity contribution is 8.00. The quantitative estimate of drug-likeness (QED) is 0.818. The lowest BCUT2D eigenvalue weighted by Crippen LogP contribution is -2.37. The number of nitrogens with one attached hydrogen (secondary N) is 1. The van der Waals surface area contributed by atoms with Gasteiger partial charge >= 0.3 is 0 Å². The standard InChI is InChI=1S/C16H19NO2S2/c1-11(15(19-2)12-7-5-4-6-8-12)17-16(18)13-9-10-14(20-3)21-13/h4-11,15H,1-3H3,(H,17,18). The average molecular weight is 321 g/mol. The molecule has 1 amide bonds. The maximum absolute atomic E-state index is 12.3. The lowest BCUT2D eigenvalue weighted by molar-refractivity contribution is 0.0647. The van der Waals surface area contributed by atoms with Crippen molar-refractivity contribution in [2.24, 2.45) is 0 Å². The molecule has 112 valence electrons. The van der Waals surface area contributed by atoms with Crippen LogP contribution in [0.3, 0.4) is 0 Å². The van der Waals surface area contributed by atoms with Gasteiger partial charge in [-0.15, -0.1) is 23.1 Å². The molecule has 3 nitrogen and oxygen atoms in total. The molecule has 0 aliphatic carbocycles. The van der Waals surface area contributed by atoms with Crippen molar-refractivity contribution in [3.63, 3.8) is 0 Å². The molecule has 2 atom stereocenters. The summed E-state index contributed by atoms with van der Waals surface area (Å²) in [6, 6.07) is 13.7.